The monoisotopic (exact) mass is 374 g/mol. The number of anilines is 1. The van der Waals surface area contributed by atoms with E-state index in [0.717, 1.165) is 27.9 Å². The van der Waals surface area contributed by atoms with E-state index in [2.05, 4.69) is 4.72 Å². The zero-order valence-electron chi connectivity index (χ0n) is 16.0. The van der Waals surface area contributed by atoms with Crippen LogP contribution in [-0.2, 0) is 14.8 Å². The topological polar surface area (TPSA) is 66.5 Å². The van der Waals surface area contributed by atoms with Crippen LogP contribution in [0.3, 0.4) is 0 Å². The summed E-state index contributed by atoms with van der Waals surface area (Å²) in [6.45, 7) is 9.68. The minimum atomic E-state index is -3.60. The van der Waals surface area contributed by atoms with Crippen molar-refractivity contribution in [3.05, 3.63) is 58.7 Å². The molecule has 140 valence electrons. The van der Waals surface area contributed by atoms with Crippen LogP contribution in [0.5, 0.6) is 0 Å². The van der Waals surface area contributed by atoms with Gasteiger partial charge in [0.15, 0.2) is 0 Å². The number of benzene rings is 2. The number of sulfonamides is 1. The third-order valence-corrected chi connectivity index (χ3v) is 5.67. The summed E-state index contributed by atoms with van der Waals surface area (Å²) in [4.78, 5) is 14.0. The van der Waals surface area contributed by atoms with Gasteiger partial charge in [0.1, 0.15) is 0 Å². The number of nitrogens with one attached hydrogen (secondary N) is 1. The maximum Gasteiger partial charge on any atom is 0.240 e. The predicted octanol–water partition coefficient (Wildman–Crippen LogP) is 3.25. The first-order valence-electron chi connectivity index (χ1n) is 8.54. The molecule has 1 N–H and O–H groups in total. The summed E-state index contributed by atoms with van der Waals surface area (Å²) >= 11 is 0. The van der Waals surface area contributed by atoms with Crippen LogP contribution in [0.4, 0.5) is 5.69 Å². The van der Waals surface area contributed by atoms with E-state index in [1.54, 1.807) is 23.1 Å². The molecule has 0 aliphatic heterocycles. The first kappa shape index (κ1) is 20.1. The molecule has 0 aromatic heterocycles. The standard InChI is InChI=1S/C20H26N2O3S/c1-14-7-6-8-19(13-14)26(24,25)21-9-10-22(18(5)23)20-16(3)11-15(2)12-17(20)4/h6-8,11-13,21H,9-10H2,1-5H3. The molecule has 0 heterocycles. The molecule has 0 aliphatic carbocycles. The van der Waals surface area contributed by atoms with Crippen LogP contribution in [0.25, 0.3) is 0 Å². The fourth-order valence-electron chi connectivity index (χ4n) is 3.18. The Hall–Kier alpha value is -2.18. The smallest absolute Gasteiger partial charge is 0.240 e. The van der Waals surface area contributed by atoms with Crippen molar-refractivity contribution in [2.24, 2.45) is 0 Å². The molecule has 6 heteroatoms. The molecule has 0 unspecified atom stereocenters. The summed E-state index contributed by atoms with van der Waals surface area (Å²) in [5.74, 6) is -0.116. The molecule has 0 bridgehead atoms. The maximum atomic E-state index is 12.4. The van der Waals surface area contributed by atoms with Gasteiger partial charge in [-0.3, -0.25) is 4.79 Å². The average Bonchev–Trinajstić information content (AvgIpc) is 2.52. The van der Waals surface area contributed by atoms with E-state index in [0.29, 0.717) is 0 Å². The van der Waals surface area contributed by atoms with E-state index in [-0.39, 0.29) is 23.9 Å². The lowest BCUT2D eigenvalue weighted by Crippen LogP contribution is -2.38. The van der Waals surface area contributed by atoms with Gasteiger partial charge in [-0.25, -0.2) is 13.1 Å². The molecular weight excluding hydrogens is 348 g/mol. The summed E-state index contributed by atoms with van der Waals surface area (Å²) in [6, 6.07) is 10.8. The van der Waals surface area contributed by atoms with Crippen molar-refractivity contribution in [2.75, 3.05) is 18.0 Å². The third kappa shape index (κ3) is 4.71. The number of hydrogen-bond acceptors (Lipinski definition) is 3. The SMILES string of the molecule is CC(=O)N(CCNS(=O)(=O)c1cccc(C)c1)c1c(C)cc(C)cc1C. The van der Waals surface area contributed by atoms with Gasteiger partial charge in [-0.15, -0.1) is 0 Å². The zero-order chi connectivity index (χ0) is 19.5. The van der Waals surface area contributed by atoms with Gasteiger partial charge in [-0.05, 0) is 56.5 Å². The summed E-state index contributed by atoms with van der Waals surface area (Å²) in [5.41, 5.74) is 4.85. The molecule has 0 radical (unpaired) electrons. The van der Waals surface area contributed by atoms with Gasteiger partial charge >= 0.3 is 0 Å². The second-order valence-electron chi connectivity index (χ2n) is 6.63. The fraction of sp³-hybridized carbons (Fsp3) is 0.350. The Morgan fingerprint density at radius 1 is 1.00 bits per heavy atom. The van der Waals surface area contributed by atoms with Crippen molar-refractivity contribution in [3.8, 4) is 0 Å². The Morgan fingerprint density at radius 2 is 1.62 bits per heavy atom. The molecule has 5 nitrogen and oxygen atoms in total. The Morgan fingerprint density at radius 3 is 2.15 bits per heavy atom. The van der Waals surface area contributed by atoms with Gasteiger partial charge < -0.3 is 4.90 Å². The minimum absolute atomic E-state index is 0.116. The predicted molar refractivity (Wildman–Crippen MR) is 105 cm³/mol. The molecule has 2 aromatic carbocycles. The van der Waals surface area contributed by atoms with Crippen LogP contribution in [0.2, 0.25) is 0 Å². The Balaban J connectivity index is 2.17. The highest BCUT2D eigenvalue weighted by Gasteiger charge is 2.19. The lowest BCUT2D eigenvalue weighted by molar-refractivity contribution is -0.116. The second kappa shape index (κ2) is 8.01. The number of hydrogen-bond donors (Lipinski definition) is 1. The summed E-state index contributed by atoms with van der Waals surface area (Å²) < 4.78 is 27.5. The summed E-state index contributed by atoms with van der Waals surface area (Å²) in [7, 11) is -3.60. The van der Waals surface area contributed by atoms with Gasteiger partial charge in [0.2, 0.25) is 15.9 Å². The van der Waals surface area contributed by atoms with Crippen LogP contribution < -0.4 is 9.62 Å². The fourth-order valence-corrected chi connectivity index (χ4v) is 4.31. The molecule has 2 aromatic rings. The van der Waals surface area contributed by atoms with Crippen molar-refractivity contribution in [1.82, 2.24) is 4.72 Å². The molecule has 0 spiro atoms. The van der Waals surface area contributed by atoms with Crippen LogP contribution in [0, 0.1) is 27.7 Å². The van der Waals surface area contributed by atoms with E-state index in [9.17, 15) is 13.2 Å². The van der Waals surface area contributed by atoms with Gasteiger partial charge in [0.25, 0.3) is 0 Å². The Labute approximate surface area is 156 Å². The highest BCUT2D eigenvalue weighted by Crippen LogP contribution is 2.26. The lowest BCUT2D eigenvalue weighted by atomic mass is 10.0. The third-order valence-electron chi connectivity index (χ3n) is 4.21. The number of rotatable bonds is 6. The number of carbonyl (C=O) groups is 1. The number of carbonyl (C=O) groups excluding carboxylic acids is 1. The minimum Gasteiger partial charge on any atom is -0.311 e. The first-order chi connectivity index (χ1) is 12.1. The van der Waals surface area contributed by atoms with Crippen molar-refractivity contribution < 1.29 is 13.2 Å². The quantitative estimate of drug-likeness (QED) is 0.844. The Bertz CT molecular complexity index is 897. The van der Waals surface area contributed by atoms with Crippen molar-refractivity contribution in [1.29, 1.82) is 0 Å². The van der Waals surface area contributed by atoms with E-state index in [1.165, 1.54) is 6.92 Å². The van der Waals surface area contributed by atoms with E-state index < -0.39 is 10.0 Å². The normalized spacial score (nSPS) is 11.4. The van der Waals surface area contributed by atoms with E-state index >= 15 is 0 Å². The van der Waals surface area contributed by atoms with Crippen molar-refractivity contribution >= 4 is 21.6 Å². The summed E-state index contributed by atoms with van der Waals surface area (Å²) in [6.07, 6.45) is 0. The molecule has 2 rings (SSSR count). The van der Waals surface area contributed by atoms with E-state index in [1.807, 2.05) is 45.9 Å². The highest BCUT2D eigenvalue weighted by molar-refractivity contribution is 7.89. The van der Waals surface area contributed by atoms with Crippen molar-refractivity contribution in [2.45, 2.75) is 39.5 Å². The number of aryl methyl sites for hydroxylation is 4. The summed E-state index contributed by atoms with van der Waals surface area (Å²) in [5, 5.41) is 0. The van der Waals surface area contributed by atoms with Gasteiger partial charge in [-0.2, -0.15) is 0 Å². The van der Waals surface area contributed by atoms with Gasteiger partial charge in [0.05, 0.1) is 4.90 Å². The average molecular weight is 375 g/mol. The lowest BCUT2D eigenvalue weighted by Gasteiger charge is -2.25. The zero-order valence-corrected chi connectivity index (χ0v) is 16.8. The molecule has 0 atom stereocenters. The van der Waals surface area contributed by atoms with Crippen molar-refractivity contribution in [3.63, 3.8) is 0 Å². The molecule has 0 aliphatic rings. The molecule has 0 saturated heterocycles. The molecule has 1 amide bonds. The van der Waals surface area contributed by atoms with Crippen LogP contribution >= 0.6 is 0 Å². The molecule has 0 saturated carbocycles. The molecular formula is C20H26N2O3S. The molecule has 26 heavy (non-hydrogen) atoms. The molecule has 0 fully saturated rings. The number of amides is 1. The largest absolute Gasteiger partial charge is 0.311 e. The maximum absolute atomic E-state index is 12.4. The Kier molecular flexibility index (Phi) is 6.21. The first-order valence-corrected chi connectivity index (χ1v) is 10.0. The van der Waals surface area contributed by atoms with Gasteiger partial charge in [0, 0.05) is 25.7 Å². The van der Waals surface area contributed by atoms with E-state index in [4.69, 9.17) is 0 Å². The second-order valence-corrected chi connectivity index (χ2v) is 8.40. The van der Waals surface area contributed by atoms with Crippen LogP contribution in [0.15, 0.2) is 41.3 Å². The van der Waals surface area contributed by atoms with Crippen LogP contribution in [0.1, 0.15) is 29.2 Å². The van der Waals surface area contributed by atoms with Gasteiger partial charge in [-0.1, -0.05) is 29.8 Å². The van der Waals surface area contributed by atoms with Crippen LogP contribution in [-0.4, -0.2) is 27.4 Å². The number of nitrogens with zero attached hydrogens (tertiary/aromatic N) is 1. The highest BCUT2D eigenvalue weighted by atomic mass is 32.2.